The Morgan fingerprint density at radius 3 is 2.67 bits per heavy atom. The minimum atomic E-state index is -0.913. The van der Waals surface area contributed by atoms with Crippen LogP contribution in [0.5, 0.6) is 5.19 Å². The number of rotatable bonds is 7. The van der Waals surface area contributed by atoms with Crippen LogP contribution in [0.3, 0.4) is 0 Å². The molecule has 7 nitrogen and oxygen atoms in total. The first-order valence-electron chi connectivity index (χ1n) is 11.6. The van der Waals surface area contributed by atoms with Gasteiger partial charge in [-0.25, -0.2) is 4.79 Å². The second kappa shape index (κ2) is 10.4. The Hall–Kier alpha value is -2.15. The molecule has 0 aromatic carbocycles. The summed E-state index contributed by atoms with van der Waals surface area (Å²) in [4.78, 5) is 19.8. The second-order valence-corrected chi connectivity index (χ2v) is 11.6. The number of carboxylic acid groups (broad SMARTS) is 1. The van der Waals surface area contributed by atoms with Crippen LogP contribution < -0.4 is 10.1 Å². The molecule has 0 spiro atoms. The molecule has 0 bridgehead atoms. The SMILES string of the molecule is CC(C)(C)C#Cc1cc(NC2CCC(Oc3nc(CN4CCCC4)ns3)CC2)c(C(=O)O)s1. The highest BCUT2D eigenvalue weighted by Crippen LogP contribution is 2.32. The Morgan fingerprint density at radius 1 is 1.27 bits per heavy atom. The fraction of sp³-hybridized carbons (Fsp3) is 0.625. The van der Waals surface area contributed by atoms with Gasteiger partial charge in [0, 0.05) is 23.0 Å². The van der Waals surface area contributed by atoms with Crippen LogP contribution in [0.15, 0.2) is 6.07 Å². The van der Waals surface area contributed by atoms with Crippen molar-refractivity contribution in [1.82, 2.24) is 14.3 Å². The summed E-state index contributed by atoms with van der Waals surface area (Å²) >= 11 is 2.58. The Bertz CT molecular complexity index is 1020. The van der Waals surface area contributed by atoms with E-state index in [1.807, 2.05) is 26.8 Å². The predicted molar refractivity (Wildman–Crippen MR) is 132 cm³/mol. The molecular formula is C24H32N4O3S2. The van der Waals surface area contributed by atoms with E-state index >= 15 is 0 Å². The molecule has 4 rings (SSSR count). The summed E-state index contributed by atoms with van der Waals surface area (Å²) in [5.41, 5.74) is 0.548. The third-order valence-corrected chi connectivity index (χ3v) is 7.49. The van der Waals surface area contributed by atoms with E-state index in [4.69, 9.17) is 4.74 Å². The number of thiophene rings is 1. The van der Waals surface area contributed by atoms with Crippen molar-refractivity contribution in [2.75, 3.05) is 18.4 Å². The van der Waals surface area contributed by atoms with Gasteiger partial charge in [0.2, 0.25) is 0 Å². The fourth-order valence-electron chi connectivity index (χ4n) is 4.15. The quantitative estimate of drug-likeness (QED) is 0.525. The van der Waals surface area contributed by atoms with Crippen molar-refractivity contribution in [3.63, 3.8) is 0 Å². The third-order valence-electron chi connectivity index (χ3n) is 5.80. The summed E-state index contributed by atoms with van der Waals surface area (Å²) in [6.45, 7) is 9.20. The molecule has 1 saturated carbocycles. The van der Waals surface area contributed by atoms with Crippen LogP contribution >= 0.6 is 22.9 Å². The van der Waals surface area contributed by atoms with Crippen molar-refractivity contribution in [2.24, 2.45) is 5.41 Å². The zero-order valence-corrected chi connectivity index (χ0v) is 21.2. The van der Waals surface area contributed by atoms with Gasteiger partial charge < -0.3 is 15.2 Å². The van der Waals surface area contributed by atoms with E-state index in [2.05, 4.69) is 31.4 Å². The van der Waals surface area contributed by atoms with E-state index in [-0.39, 0.29) is 17.6 Å². The van der Waals surface area contributed by atoms with Gasteiger partial charge in [-0.2, -0.15) is 9.36 Å². The van der Waals surface area contributed by atoms with E-state index in [9.17, 15) is 9.90 Å². The van der Waals surface area contributed by atoms with Crippen LogP contribution in [0.1, 0.15) is 79.7 Å². The van der Waals surface area contributed by atoms with Crippen LogP contribution in [-0.2, 0) is 6.54 Å². The molecule has 3 heterocycles. The summed E-state index contributed by atoms with van der Waals surface area (Å²) in [6, 6.07) is 2.10. The van der Waals surface area contributed by atoms with Crippen molar-refractivity contribution in [3.8, 4) is 17.0 Å². The van der Waals surface area contributed by atoms with Crippen molar-refractivity contribution >= 4 is 34.5 Å². The van der Waals surface area contributed by atoms with Gasteiger partial charge in [0.25, 0.3) is 5.19 Å². The molecule has 2 aromatic heterocycles. The molecule has 0 radical (unpaired) electrons. The monoisotopic (exact) mass is 488 g/mol. The van der Waals surface area contributed by atoms with Gasteiger partial charge >= 0.3 is 5.97 Å². The Balaban J connectivity index is 1.29. The highest BCUT2D eigenvalue weighted by Gasteiger charge is 2.26. The van der Waals surface area contributed by atoms with Gasteiger partial charge in [0.15, 0.2) is 5.82 Å². The highest BCUT2D eigenvalue weighted by molar-refractivity contribution is 7.15. The topological polar surface area (TPSA) is 87.6 Å². The van der Waals surface area contributed by atoms with Crippen molar-refractivity contribution in [1.29, 1.82) is 0 Å². The molecule has 1 saturated heterocycles. The number of likely N-dealkylation sites (tertiary alicyclic amines) is 1. The number of hydrogen-bond donors (Lipinski definition) is 2. The van der Waals surface area contributed by atoms with E-state index in [0.717, 1.165) is 56.0 Å². The number of ether oxygens (including phenoxy) is 1. The molecule has 2 N–H and O–H groups in total. The molecule has 178 valence electrons. The van der Waals surface area contributed by atoms with Crippen molar-refractivity contribution in [2.45, 2.75) is 78.0 Å². The van der Waals surface area contributed by atoms with Gasteiger partial charge in [-0.3, -0.25) is 4.90 Å². The fourth-order valence-corrected chi connectivity index (χ4v) is 5.57. The maximum Gasteiger partial charge on any atom is 0.348 e. The lowest BCUT2D eigenvalue weighted by molar-refractivity contribution is 0.0703. The molecule has 9 heteroatoms. The van der Waals surface area contributed by atoms with Gasteiger partial charge in [0.05, 0.1) is 17.1 Å². The first-order chi connectivity index (χ1) is 15.7. The minimum Gasteiger partial charge on any atom is -0.477 e. The predicted octanol–water partition coefficient (Wildman–Crippen LogP) is 5.09. The van der Waals surface area contributed by atoms with Gasteiger partial charge in [-0.05, 0) is 78.5 Å². The molecular weight excluding hydrogens is 456 g/mol. The average molecular weight is 489 g/mol. The first-order valence-corrected chi connectivity index (χ1v) is 13.2. The molecule has 0 amide bonds. The first kappa shape index (κ1) is 24.0. The smallest absolute Gasteiger partial charge is 0.348 e. The number of nitrogens with zero attached hydrogens (tertiary/aromatic N) is 3. The van der Waals surface area contributed by atoms with Gasteiger partial charge in [-0.15, -0.1) is 11.3 Å². The zero-order valence-electron chi connectivity index (χ0n) is 19.5. The third kappa shape index (κ3) is 6.92. The number of anilines is 1. The molecule has 0 atom stereocenters. The Kier molecular flexibility index (Phi) is 7.57. The number of aromatic nitrogens is 2. The lowest BCUT2D eigenvalue weighted by Crippen LogP contribution is -2.31. The second-order valence-electron chi connectivity index (χ2n) is 9.85. The maximum atomic E-state index is 11.7. The number of aromatic carboxylic acids is 1. The van der Waals surface area contributed by atoms with E-state index in [0.29, 0.717) is 15.8 Å². The van der Waals surface area contributed by atoms with Crippen LogP contribution in [0.4, 0.5) is 5.69 Å². The van der Waals surface area contributed by atoms with Crippen molar-refractivity contribution in [3.05, 3.63) is 21.6 Å². The normalized spacial score (nSPS) is 21.4. The van der Waals surface area contributed by atoms with Crippen LogP contribution in [0.2, 0.25) is 0 Å². The van der Waals surface area contributed by atoms with Gasteiger partial charge in [0.1, 0.15) is 11.0 Å². The van der Waals surface area contributed by atoms with Crippen molar-refractivity contribution < 1.29 is 14.6 Å². The summed E-state index contributed by atoms with van der Waals surface area (Å²) in [5, 5.41) is 13.7. The lowest BCUT2D eigenvalue weighted by Gasteiger charge is -2.29. The zero-order chi connectivity index (χ0) is 23.4. The summed E-state index contributed by atoms with van der Waals surface area (Å²) in [6.07, 6.45) is 6.30. The molecule has 2 fully saturated rings. The summed E-state index contributed by atoms with van der Waals surface area (Å²) < 4.78 is 10.6. The summed E-state index contributed by atoms with van der Waals surface area (Å²) in [7, 11) is 0. The largest absolute Gasteiger partial charge is 0.477 e. The number of carbonyl (C=O) groups is 1. The van der Waals surface area contributed by atoms with Crippen LogP contribution in [0, 0.1) is 17.3 Å². The molecule has 2 aromatic rings. The Labute approximate surface area is 203 Å². The number of carboxylic acids is 1. The Morgan fingerprint density at radius 2 is 2.00 bits per heavy atom. The minimum absolute atomic E-state index is 0.124. The molecule has 0 unspecified atom stereocenters. The standard InChI is InChI=1S/C24H32N4O3S2/c1-24(2,3)11-10-18-14-19(21(32-18)22(29)30)25-16-6-8-17(9-7-16)31-23-26-20(27-33-23)15-28-12-4-5-13-28/h14,16-17,25H,4-9,12-13,15H2,1-3H3,(H,29,30). The highest BCUT2D eigenvalue weighted by atomic mass is 32.1. The van der Waals surface area contributed by atoms with Crippen LogP contribution in [-0.4, -0.2) is 50.6 Å². The molecule has 33 heavy (non-hydrogen) atoms. The summed E-state index contributed by atoms with van der Waals surface area (Å²) in [5.74, 6) is 6.25. The molecule has 1 aliphatic carbocycles. The number of hydrogen-bond acceptors (Lipinski definition) is 8. The maximum absolute atomic E-state index is 11.7. The van der Waals surface area contributed by atoms with E-state index in [1.54, 1.807) is 0 Å². The van der Waals surface area contributed by atoms with Crippen LogP contribution in [0.25, 0.3) is 0 Å². The van der Waals surface area contributed by atoms with E-state index < -0.39 is 5.97 Å². The molecule has 2 aliphatic rings. The lowest BCUT2D eigenvalue weighted by atomic mass is 9.93. The number of nitrogens with one attached hydrogen (secondary N) is 1. The van der Waals surface area contributed by atoms with E-state index in [1.165, 1.54) is 35.7 Å². The molecule has 1 aliphatic heterocycles. The van der Waals surface area contributed by atoms with Gasteiger partial charge in [-0.1, -0.05) is 11.8 Å². The average Bonchev–Trinajstić information content (AvgIpc) is 3.50.